The van der Waals surface area contributed by atoms with Gasteiger partial charge in [0.25, 0.3) is 0 Å². The first kappa shape index (κ1) is 2.02. The van der Waals surface area contributed by atoms with Crippen molar-refractivity contribution >= 4 is 0 Å². The zero-order valence-corrected chi connectivity index (χ0v) is 7.02. The van der Waals surface area contributed by atoms with Crippen LogP contribution in [0.4, 0.5) is 0 Å². The third kappa shape index (κ3) is 1.10. The Hall–Kier alpha value is -0.0800. The molecule has 2 nitrogen and oxygen atoms in total. The average molecular weight is 213 g/mol. The Labute approximate surface area is 111 Å². The zero-order chi connectivity index (χ0) is 26.0. The predicted octanol–water partition coefficient (Wildman–Crippen LogP) is 1.67. The van der Waals surface area contributed by atoms with Gasteiger partial charge in [-0.25, -0.2) is 0 Å². The Morgan fingerprint density at radius 3 is 3.14 bits per heavy atom. The van der Waals surface area contributed by atoms with E-state index in [1.54, 1.807) is 0 Å². The smallest absolute Gasteiger partial charge is 0.0570 e. The van der Waals surface area contributed by atoms with E-state index in [9.17, 15) is 5.11 Å². The van der Waals surface area contributed by atoms with E-state index in [4.69, 9.17) is 30.4 Å². The van der Waals surface area contributed by atoms with Crippen molar-refractivity contribution in [2.24, 2.45) is 22.5 Å². The van der Waals surface area contributed by atoms with Gasteiger partial charge in [-0.3, -0.25) is 0 Å². The Balaban J connectivity index is 2.89. The van der Waals surface area contributed by atoms with Gasteiger partial charge in [0.05, 0.1) is 2.74 Å². The van der Waals surface area contributed by atoms with Gasteiger partial charge in [0.15, 0.2) is 0 Å². The van der Waals surface area contributed by atoms with Crippen molar-refractivity contribution in [1.29, 1.82) is 0 Å². The highest BCUT2D eigenvalue weighted by Crippen LogP contribution is 2.65. The monoisotopic (exact) mass is 213 g/mol. The molecular weight excluding hydrogens is 174 g/mol. The van der Waals surface area contributed by atoms with Crippen molar-refractivity contribution in [1.82, 2.24) is 0 Å². The second-order valence-corrected chi connectivity index (χ2v) is 3.54. The number of rotatable bonds is 1. The van der Waals surface area contributed by atoms with Crippen LogP contribution in [0.2, 0.25) is 0 Å². The fourth-order valence-corrected chi connectivity index (χ4v) is 1.90. The molecule has 0 aliphatic heterocycles. The van der Waals surface area contributed by atoms with E-state index in [-0.39, 0.29) is 0 Å². The van der Waals surface area contributed by atoms with Crippen LogP contribution >= 0.6 is 0 Å². The third-order valence-electron chi connectivity index (χ3n) is 2.26. The van der Waals surface area contributed by atoms with E-state index < -0.39 is 73.9 Å². The summed E-state index contributed by atoms with van der Waals surface area (Å²) in [6, 6.07) is 0. The molecule has 4 unspecified atom stereocenters. The molecule has 80 valence electrons. The summed E-state index contributed by atoms with van der Waals surface area (Å²) in [6.07, 6.45) is -25.6. The number of aliphatic hydroxyl groups is 1. The van der Waals surface area contributed by atoms with Crippen molar-refractivity contribution in [2.45, 2.75) is 50.6 Å². The lowest BCUT2D eigenvalue weighted by Crippen LogP contribution is -2.64. The Morgan fingerprint density at radius 2 is 2.43 bits per heavy atom. The van der Waals surface area contributed by atoms with Gasteiger partial charge >= 0.3 is 0 Å². The molecule has 4 bridgehead atoms. The van der Waals surface area contributed by atoms with Crippen LogP contribution in [-0.4, -0.2) is 17.2 Å². The van der Waals surface area contributed by atoms with Gasteiger partial charge in [0, 0.05) is 34.0 Å². The predicted molar refractivity (Wildman–Crippen MR) is 55.7 cm³/mol. The first-order valence-electron chi connectivity index (χ1n) is 13.0. The quantitative estimate of drug-likeness (QED) is 0.696. The van der Waals surface area contributed by atoms with E-state index in [1.165, 1.54) is 0 Å². The van der Waals surface area contributed by atoms with Crippen molar-refractivity contribution in [3.63, 3.8) is 0 Å². The fourth-order valence-electron chi connectivity index (χ4n) is 1.90. The van der Waals surface area contributed by atoms with Gasteiger partial charge < -0.3 is 10.8 Å². The lowest BCUT2D eigenvalue weighted by atomic mass is 9.42. The summed E-state index contributed by atoms with van der Waals surface area (Å²) in [5.41, 5.74) is -6.78. The molecule has 0 amide bonds. The molecule has 3 N–H and O–H groups in total. The minimum absolute atomic E-state index is 4.01. The summed E-state index contributed by atoms with van der Waals surface area (Å²) in [7, 11) is 0. The fraction of sp³-hybridized carbons (Fsp3) is 1.00. The SMILES string of the molecule is [2H]C([2H])([2H])C12C([2H])([2H])C3([2H])C([2H])([2H])C(N)(C1([2H])[2H])C([2H])([2H])C(C([2H])([2H])O)(C3([2H])[2H])C2([2H])[2H]. The molecule has 0 spiro atoms. The number of nitrogens with two attached hydrogens (primary N) is 1. The highest BCUT2D eigenvalue weighted by molar-refractivity contribution is 5.14. The van der Waals surface area contributed by atoms with Crippen LogP contribution in [0.25, 0.3) is 0 Å². The molecule has 4 atom stereocenters. The van der Waals surface area contributed by atoms with Crippen LogP contribution in [0.5, 0.6) is 0 Å². The van der Waals surface area contributed by atoms with Gasteiger partial charge in [-0.2, -0.15) is 0 Å². The lowest BCUT2D eigenvalue weighted by molar-refractivity contribution is -0.132. The largest absolute Gasteiger partial charge is 0.396 e. The Kier molecular flexibility index (Phi) is 0.340. The van der Waals surface area contributed by atoms with Crippen molar-refractivity contribution < 1.29 is 29.8 Å². The first-order valence-corrected chi connectivity index (χ1v) is 4.01. The lowest BCUT2D eigenvalue weighted by Gasteiger charge is -2.64. The molecule has 2 heteroatoms. The minimum atomic E-state index is -4.44. The van der Waals surface area contributed by atoms with Crippen molar-refractivity contribution in [2.75, 3.05) is 6.56 Å². The molecule has 4 fully saturated rings. The summed E-state index contributed by atoms with van der Waals surface area (Å²) >= 11 is 0. The summed E-state index contributed by atoms with van der Waals surface area (Å²) in [4.78, 5) is 0. The molecule has 0 radical (unpaired) electrons. The first-order chi connectivity index (χ1) is 13.5. The molecule has 0 aromatic carbocycles. The molecule has 4 aliphatic carbocycles. The summed E-state index contributed by atoms with van der Waals surface area (Å²) in [5.74, 6) is -4.20. The molecule has 0 heterocycles. The molecule has 0 saturated heterocycles. The second-order valence-electron chi connectivity index (χ2n) is 3.54. The normalized spacial score (nSPS) is 108. The highest BCUT2D eigenvalue weighted by atomic mass is 16.3. The van der Waals surface area contributed by atoms with Crippen molar-refractivity contribution in [3.8, 4) is 0 Å². The van der Waals surface area contributed by atoms with Crippen LogP contribution in [0.15, 0.2) is 0 Å². The standard InChI is InChI=1S/C12H21NO/c1-10-2-9-3-11(5-10,8-14)7-12(13,4-9)6-10/h9,14H,2-8,13H2,1H3/i1D3,2D2,3D2,4D2,5D2,6D2,7D2,8D2,9D. The number of hydrogen-bond donors (Lipinski definition) is 2. The highest BCUT2D eigenvalue weighted by Gasteiger charge is 2.60. The maximum atomic E-state index is 10.4. The summed E-state index contributed by atoms with van der Waals surface area (Å²) in [6.45, 7) is -8.61. The number of hydrogen-bond acceptors (Lipinski definition) is 2. The van der Waals surface area contributed by atoms with Gasteiger partial charge in [-0.05, 0) is 55.0 Å². The third-order valence-corrected chi connectivity index (χ3v) is 2.26. The molecular formula is C12H21NO. The molecule has 4 aliphatic rings. The second kappa shape index (κ2) is 2.35. The van der Waals surface area contributed by atoms with E-state index in [0.29, 0.717) is 0 Å². The topological polar surface area (TPSA) is 46.2 Å². The van der Waals surface area contributed by atoms with Crippen LogP contribution in [0, 0.1) is 16.7 Å². The average Bonchev–Trinajstić information content (AvgIpc) is 2.44. The van der Waals surface area contributed by atoms with Crippen LogP contribution in [-0.2, 0) is 0 Å². The molecule has 0 aromatic rings. The van der Waals surface area contributed by atoms with Gasteiger partial charge in [-0.1, -0.05) is 6.85 Å². The molecule has 4 saturated carbocycles. The molecule has 4 rings (SSSR count). The van der Waals surface area contributed by atoms with E-state index in [2.05, 4.69) is 0 Å². The summed E-state index contributed by atoms with van der Waals surface area (Å²) < 4.78 is 150. The van der Waals surface area contributed by atoms with E-state index in [1.807, 2.05) is 0 Å². The Morgan fingerprint density at radius 1 is 1.57 bits per heavy atom. The maximum Gasteiger partial charge on any atom is 0.0570 e. The Bertz CT molecular complexity index is 779. The van der Waals surface area contributed by atoms with Gasteiger partial charge in [0.1, 0.15) is 0 Å². The van der Waals surface area contributed by atoms with Crippen molar-refractivity contribution in [3.05, 3.63) is 0 Å². The maximum absolute atomic E-state index is 10.4. The van der Waals surface area contributed by atoms with E-state index >= 15 is 0 Å². The molecule has 14 heavy (non-hydrogen) atoms. The van der Waals surface area contributed by atoms with Crippen LogP contribution in [0.1, 0.15) is 69.8 Å². The summed E-state index contributed by atoms with van der Waals surface area (Å²) in [5, 5.41) is 10.4. The molecule has 0 aromatic heterocycles. The van der Waals surface area contributed by atoms with Gasteiger partial charge in [0.2, 0.25) is 0 Å². The van der Waals surface area contributed by atoms with Crippen LogP contribution < -0.4 is 5.73 Å². The van der Waals surface area contributed by atoms with E-state index in [0.717, 1.165) is 0 Å². The van der Waals surface area contributed by atoms with Crippen LogP contribution in [0.3, 0.4) is 0 Å². The zero-order valence-electron chi connectivity index (χ0n) is 25.0. The minimum Gasteiger partial charge on any atom is -0.396 e. The van der Waals surface area contributed by atoms with Gasteiger partial charge in [-0.15, -0.1) is 0 Å².